The number of nitrogen functional groups attached to an aromatic ring is 1. The van der Waals surface area contributed by atoms with Gasteiger partial charge in [0.05, 0.1) is 6.61 Å². The lowest BCUT2D eigenvalue weighted by Crippen LogP contribution is -2.45. The van der Waals surface area contributed by atoms with Crippen molar-refractivity contribution in [3.8, 4) is 5.88 Å². The van der Waals surface area contributed by atoms with Crippen molar-refractivity contribution in [3.05, 3.63) is 6.33 Å². The second kappa shape index (κ2) is 5.65. The monoisotopic (exact) mass is 268 g/mol. The summed E-state index contributed by atoms with van der Waals surface area (Å²) in [6.07, 6.45) is 1.52. The van der Waals surface area contributed by atoms with Crippen LogP contribution in [0.1, 0.15) is 20.8 Å². The van der Waals surface area contributed by atoms with Crippen LogP contribution in [0, 0.1) is 0 Å². The van der Waals surface area contributed by atoms with Gasteiger partial charge in [0.25, 0.3) is 0 Å². The Bertz CT molecular complexity index is 415. The number of nitrogens with two attached hydrogens (primary N) is 1. The Morgan fingerprint density at radius 3 is 3.00 bits per heavy atom. The van der Waals surface area contributed by atoms with Gasteiger partial charge in [-0.05, 0) is 13.8 Å². The molecule has 2 atom stereocenters. The van der Waals surface area contributed by atoms with Gasteiger partial charge < -0.3 is 15.4 Å². The Labute approximate surface area is 112 Å². The van der Waals surface area contributed by atoms with E-state index in [0.717, 1.165) is 18.1 Å². The summed E-state index contributed by atoms with van der Waals surface area (Å²) in [5.41, 5.74) is 6.66. The van der Waals surface area contributed by atoms with Crippen molar-refractivity contribution >= 4 is 23.3 Å². The van der Waals surface area contributed by atoms with Crippen molar-refractivity contribution < 1.29 is 4.74 Å². The Hall–Kier alpha value is -1.17. The molecular weight excluding hydrogens is 248 g/mol. The molecule has 0 spiro atoms. The maximum atomic E-state index is 6.11. The summed E-state index contributed by atoms with van der Waals surface area (Å²) in [4.78, 5) is 10.7. The van der Waals surface area contributed by atoms with Crippen molar-refractivity contribution in [3.63, 3.8) is 0 Å². The van der Waals surface area contributed by atoms with Crippen LogP contribution in [0.2, 0.25) is 0 Å². The summed E-state index contributed by atoms with van der Waals surface area (Å²) in [5.74, 6) is 2.38. The molecule has 0 aromatic carbocycles. The zero-order chi connectivity index (χ0) is 13.1. The summed E-state index contributed by atoms with van der Waals surface area (Å²) >= 11 is 1.99. The van der Waals surface area contributed by atoms with Crippen LogP contribution in [0.5, 0.6) is 5.88 Å². The first kappa shape index (κ1) is 13.3. The summed E-state index contributed by atoms with van der Waals surface area (Å²) in [6, 6.07) is 0.412. The molecule has 2 unspecified atom stereocenters. The number of hydrogen-bond donors (Lipinski definition) is 1. The van der Waals surface area contributed by atoms with Crippen molar-refractivity contribution in [1.29, 1.82) is 0 Å². The molecule has 1 aromatic rings. The third-order valence-electron chi connectivity index (χ3n) is 3.26. The zero-order valence-electron chi connectivity index (χ0n) is 11.1. The highest BCUT2D eigenvalue weighted by Crippen LogP contribution is 2.33. The van der Waals surface area contributed by atoms with Gasteiger partial charge >= 0.3 is 0 Å². The first-order valence-electron chi connectivity index (χ1n) is 6.26. The van der Waals surface area contributed by atoms with Crippen LogP contribution in [0.15, 0.2) is 6.33 Å². The van der Waals surface area contributed by atoms with Crippen LogP contribution in [-0.4, -0.2) is 40.2 Å². The SMILES string of the molecule is CCOc1ncnc(N2CCSC(C)C2C)c1N. The highest BCUT2D eigenvalue weighted by atomic mass is 32.2. The molecule has 2 N–H and O–H groups in total. The molecule has 1 aliphatic heterocycles. The number of ether oxygens (including phenoxy) is 1. The third kappa shape index (κ3) is 2.48. The minimum absolute atomic E-state index is 0.412. The maximum Gasteiger partial charge on any atom is 0.242 e. The maximum absolute atomic E-state index is 6.11. The molecule has 0 aliphatic carbocycles. The summed E-state index contributed by atoms with van der Waals surface area (Å²) < 4.78 is 5.42. The van der Waals surface area contributed by atoms with E-state index in [1.165, 1.54) is 6.33 Å². The molecule has 2 rings (SSSR count). The highest BCUT2D eigenvalue weighted by Gasteiger charge is 2.28. The highest BCUT2D eigenvalue weighted by molar-refractivity contribution is 8.00. The van der Waals surface area contributed by atoms with Gasteiger partial charge in [-0.1, -0.05) is 6.92 Å². The number of rotatable bonds is 3. The fourth-order valence-electron chi connectivity index (χ4n) is 2.08. The van der Waals surface area contributed by atoms with Crippen LogP contribution in [0.4, 0.5) is 11.5 Å². The van der Waals surface area contributed by atoms with E-state index in [0.29, 0.717) is 29.5 Å². The predicted molar refractivity (Wildman–Crippen MR) is 76.3 cm³/mol. The molecule has 5 nitrogen and oxygen atoms in total. The molecule has 0 saturated carbocycles. The van der Waals surface area contributed by atoms with Gasteiger partial charge in [-0.15, -0.1) is 0 Å². The molecule has 100 valence electrons. The largest absolute Gasteiger partial charge is 0.476 e. The zero-order valence-corrected chi connectivity index (χ0v) is 11.9. The average molecular weight is 268 g/mol. The lowest BCUT2D eigenvalue weighted by molar-refractivity contribution is 0.328. The van der Waals surface area contributed by atoms with Gasteiger partial charge in [0.2, 0.25) is 5.88 Å². The number of hydrogen-bond acceptors (Lipinski definition) is 6. The minimum atomic E-state index is 0.412. The van der Waals surface area contributed by atoms with Crippen LogP contribution >= 0.6 is 11.8 Å². The fraction of sp³-hybridized carbons (Fsp3) is 0.667. The van der Waals surface area contributed by atoms with Crippen LogP contribution in [0.3, 0.4) is 0 Å². The molecule has 1 fully saturated rings. The lowest BCUT2D eigenvalue weighted by atomic mass is 10.2. The van der Waals surface area contributed by atoms with E-state index >= 15 is 0 Å². The number of anilines is 2. The van der Waals surface area contributed by atoms with E-state index in [1.54, 1.807) is 0 Å². The van der Waals surface area contributed by atoms with Crippen molar-refractivity contribution in [2.24, 2.45) is 0 Å². The number of nitrogens with zero attached hydrogens (tertiary/aromatic N) is 3. The average Bonchev–Trinajstić information content (AvgIpc) is 2.36. The van der Waals surface area contributed by atoms with Crippen LogP contribution < -0.4 is 15.4 Å². The van der Waals surface area contributed by atoms with Gasteiger partial charge in [-0.25, -0.2) is 4.98 Å². The molecule has 0 bridgehead atoms. The standard InChI is InChI=1S/C12H20N4OS/c1-4-17-12-10(13)11(14-7-15-12)16-5-6-18-9(3)8(16)2/h7-9H,4-6,13H2,1-3H3. The molecular formula is C12H20N4OS. The predicted octanol–water partition coefficient (Wildman–Crippen LogP) is 1.79. The van der Waals surface area contributed by atoms with Crippen LogP contribution in [-0.2, 0) is 0 Å². The Morgan fingerprint density at radius 2 is 2.28 bits per heavy atom. The van der Waals surface area contributed by atoms with Gasteiger partial charge in [0, 0.05) is 23.6 Å². The minimum Gasteiger partial charge on any atom is -0.476 e. The number of aromatic nitrogens is 2. The smallest absolute Gasteiger partial charge is 0.242 e. The van der Waals surface area contributed by atoms with Crippen molar-refractivity contribution in [2.45, 2.75) is 32.1 Å². The first-order chi connectivity index (χ1) is 8.65. The van der Waals surface area contributed by atoms with E-state index in [9.17, 15) is 0 Å². The summed E-state index contributed by atoms with van der Waals surface area (Å²) in [5, 5.41) is 0.573. The molecule has 0 radical (unpaired) electrons. The second-order valence-electron chi connectivity index (χ2n) is 4.36. The van der Waals surface area contributed by atoms with Gasteiger partial charge in [-0.3, -0.25) is 0 Å². The topological polar surface area (TPSA) is 64.3 Å². The molecule has 6 heteroatoms. The molecule has 2 heterocycles. The van der Waals surface area contributed by atoms with Gasteiger partial charge in [0.15, 0.2) is 5.82 Å². The quantitative estimate of drug-likeness (QED) is 0.901. The summed E-state index contributed by atoms with van der Waals surface area (Å²) in [7, 11) is 0. The number of thioether (sulfide) groups is 1. The lowest BCUT2D eigenvalue weighted by Gasteiger charge is -2.38. The first-order valence-corrected chi connectivity index (χ1v) is 7.31. The van der Waals surface area contributed by atoms with E-state index in [-0.39, 0.29) is 0 Å². The van der Waals surface area contributed by atoms with E-state index in [2.05, 4.69) is 28.7 Å². The summed E-state index contributed by atoms with van der Waals surface area (Å²) in [6.45, 7) is 7.88. The Balaban J connectivity index is 2.29. The molecule has 1 aromatic heterocycles. The second-order valence-corrected chi connectivity index (χ2v) is 5.84. The fourth-order valence-corrected chi connectivity index (χ4v) is 3.18. The van der Waals surface area contributed by atoms with E-state index < -0.39 is 0 Å². The molecule has 1 aliphatic rings. The van der Waals surface area contributed by atoms with E-state index in [1.807, 2.05) is 18.7 Å². The Kier molecular flexibility index (Phi) is 4.16. The molecule has 1 saturated heterocycles. The van der Waals surface area contributed by atoms with E-state index in [4.69, 9.17) is 10.5 Å². The van der Waals surface area contributed by atoms with Gasteiger partial charge in [0.1, 0.15) is 12.0 Å². The van der Waals surface area contributed by atoms with Crippen LogP contribution in [0.25, 0.3) is 0 Å². The van der Waals surface area contributed by atoms with Crippen molar-refractivity contribution in [2.75, 3.05) is 29.5 Å². The molecule has 0 amide bonds. The third-order valence-corrected chi connectivity index (χ3v) is 4.60. The Morgan fingerprint density at radius 1 is 1.50 bits per heavy atom. The normalized spacial score (nSPS) is 24.1. The van der Waals surface area contributed by atoms with Crippen molar-refractivity contribution in [1.82, 2.24) is 9.97 Å². The van der Waals surface area contributed by atoms with Gasteiger partial charge in [-0.2, -0.15) is 16.7 Å². The molecule has 18 heavy (non-hydrogen) atoms.